The third-order valence-corrected chi connectivity index (χ3v) is 5.29. The third-order valence-electron chi connectivity index (χ3n) is 5.29. The molecule has 25 heavy (non-hydrogen) atoms. The molecule has 0 atom stereocenters. The average Bonchev–Trinajstić information content (AvgIpc) is 2.88. The van der Waals surface area contributed by atoms with Crippen molar-refractivity contribution in [3.05, 3.63) is 65.0 Å². The minimum absolute atomic E-state index is 0.00250. The molecular weight excluding hydrogens is 312 g/mol. The maximum Gasteiger partial charge on any atom is 0.253 e. The van der Waals surface area contributed by atoms with Crippen LogP contribution in [0.25, 0.3) is 11.0 Å². The fourth-order valence-electron chi connectivity index (χ4n) is 4.04. The second kappa shape index (κ2) is 5.70. The van der Waals surface area contributed by atoms with Crippen molar-refractivity contribution in [1.82, 2.24) is 19.8 Å². The highest BCUT2D eigenvalue weighted by molar-refractivity contribution is 6.05. The van der Waals surface area contributed by atoms with E-state index >= 15 is 0 Å². The van der Waals surface area contributed by atoms with Crippen molar-refractivity contribution in [3.8, 4) is 0 Å². The Labute approximate surface area is 146 Å². The lowest BCUT2D eigenvalue weighted by molar-refractivity contribution is 0.0956. The van der Waals surface area contributed by atoms with Gasteiger partial charge >= 0.3 is 0 Å². The fourth-order valence-corrected chi connectivity index (χ4v) is 4.04. The van der Waals surface area contributed by atoms with Gasteiger partial charge in [0.2, 0.25) is 0 Å². The van der Waals surface area contributed by atoms with Crippen LogP contribution in [0.1, 0.15) is 27.3 Å². The lowest BCUT2D eigenvalue weighted by Gasteiger charge is -2.28. The van der Waals surface area contributed by atoms with Crippen LogP contribution in [0.2, 0.25) is 0 Å². The summed E-state index contributed by atoms with van der Waals surface area (Å²) in [4.78, 5) is 19.6. The van der Waals surface area contributed by atoms with E-state index in [4.69, 9.17) is 4.98 Å². The Kier molecular flexibility index (Phi) is 3.35. The minimum Gasteiger partial charge on any atom is -0.350 e. The van der Waals surface area contributed by atoms with Gasteiger partial charge in [-0.2, -0.15) is 0 Å². The molecule has 1 aromatic heterocycles. The number of aromatic nitrogens is 2. The zero-order valence-corrected chi connectivity index (χ0v) is 14.0. The number of nitrogens with zero attached hydrogens (tertiary/aromatic N) is 3. The van der Waals surface area contributed by atoms with Gasteiger partial charge in [0.15, 0.2) is 0 Å². The fraction of sp³-hybridized carbons (Fsp3) is 0.300. The molecule has 1 N–H and O–H groups in total. The molecule has 2 aromatic carbocycles. The summed E-state index contributed by atoms with van der Waals surface area (Å²) in [6.45, 7) is 4.25. The van der Waals surface area contributed by atoms with E-state index in [1.165, 1.54) is 11.1 Å². The van der Waals surface area contributed by atoms with Crippen LogP contribution < -0.4 is 5.32 Å². The molecule has 5 nitrogen and oxygen atoms in total. The summed E-state index contributed by atoms with van der Waals surface area (Å²) in [7, 11) is 0. The Hall–Kier alpha value is -2.66. The maximum atomic E-state index is 12.3. The van der Waals surface area contributed by atoms with Crippen LogP contribution in [0.15, 0.2) is 42.5 Å². The molecule has 3 aromatic rings. The molecule has 0 radical (unpaired) electrons. The van der Waals surface area contributed by atoms with E-state index in [-0.39, 0.29) is 5.91 Å². The number of benzene rings is 2. The number of rotatable bonds is 2. The molecule has 0 spiro atoms. The first-order chi connectivity index (χ1) is 12.3. The van der Waals surface area contributed by atoms with Gasteiger partial charge in [0.05, 0.1) is 23.1 Å². The molecule has 0 aliphatic carbocycles. The SMILES string of the molecule is O=C1NCCn2c(CN3CCc4ccccc4C3)nc3cccc1c32. The Morgan fingerprint density at radius 3 is 2.84 bits per heavy atom. The molecule has 0 unspecified atom stereocenters. The van der Waals surface area contributed by atoms with Gasteiger partial charge in [0.1, 0.15) is 5.82 Å². The molecule has 126 valence electrons. The number of hydrogen-bond donors (Lipinski definition) is 1. The van der Waals surface area contributed by atoms with E-state index in [1.54, 1.807) is 0 Å². The van der Waals surface area contributed by atoms with Crippen LogP contribution in [0.3, 0.4) is 0 Å². The number of fused-ring (bicyclic) bond motifs is 1. The molecule has 2 aliphatic heterocycles. The van der Waals surface area contributed by atoms with Gasteiger partial charge in [0.25, 0.3) is 5.91 Å². The lowest BCUT2D eigenvalue weighted by atomic mass is 10.00. The van der Waals surface area contributed by atoms with E-state index < -0.39 is 0 Å². The first kappa shape index (κ1) is 14.7. The summed E-state index contributed by atoms with van der Waals surface area (Å²) in [5.41, 5.74) is 5.50. The van der Waals surface area contributed by atoms with Crippen LogP contribution in [0.4, 0.5) is 0 Å². The Bertz CT molecular complexity index is 975. The van der Waals surface area contributed by atoms with Crippen molar-refractivity contribution in [2.24, 2.45) is 0 Å². The van der Waals surface area contributed by atoms with Crippen molar-refractivity contribution in [3.63, 3.8) is 0 Å². The zero-order valence-electron chi connectivity index (χ0n) is 14.0. The van der Waals surface area contributed by atoms with Crippen molar-refractivity contribution >= 4 is 16.9 Å². The third kappa shape index (κ3) is 2.43. The molecule has 2 aliphatic rings. The predicted octanol–water partition coefficient (Wildman–Crippen LogP) is 2.34. The van der Waals surface area contributed by atoms with Crippen LogP contribution in [0.5, 0.6) is 0 Å². The molecular formula is C20H20N4O. The molecule has 5 rings (SSSR count). The topological polar surface area (TPSA) is 50.2 Å². The second-order valence-electron chi connectivity index (χ2n) is 6.84. The predicted molar refractivity (Wildman–Crippen MR) is 96.3 cm³/mol. The van der Waals surface area contributed by atoms with Crippen LogP contribution in [0, 0.1) is 0 Å². The van der Waals surface area contributed by atoms with Crippen molar-refractivity contribution < 1.29 is 4.79 Å². The van der Waals surface area contributed by atoms with Gasteiger partial charge in [-0.15, -0.1) is 0 Å². The van der Waals surface area contributed by atoms with Crippen LogP contribution >= 0.6 is 0 Å². The standard InChI is InChI=1S/C20H20N4O/c25-20-16-6-3-7-17-19(16)24(11-9-21-20)18(22-17)13-23-10-8-14-4-1-2-5-15(14)12-23/h1-7H,8-13H2,(H,21,25). The number of amides is 1. The molecule has 5 heteroatoms. The quantitative estimate of drug-likeness (QED) is 0.784. The highest BCUT2D eigenvalue weighted by atomic mass is 16.1. The average molecular weight is 332 g/mol. The van der Waals surface area contributed by atoms with Crippen LogP contribution in [-0.2, 0) is 26.1 Å². The van der Waals surface area contributed by atoms with E-state index in [2.05, 4.69) is 39.0 Å². The Balaban J connectivity index is 1.51. The Morgan fingerprint density at radius 2 is 1.92 bits per heavy atom. The van der Waals surface area contributed by atoms with E-state index in [1.807, 2.05) is 18.2 Å². The largest absolute Gasteiger partial charge is 0.350 e. The van der Waals surface area contributed by atoms with E-state index in [0.717, 1.165) is 55.0 Å². The summed E-state index contributed by atoms with van der Waals surface area (Å²) in [6.07, 6.45) is 1.09. The summed E-state index contributed by atoms with van der Waals surface area (Å²) < 4.78 is 2.23. The van der Waals surface area contributed by atoms with Crippen LogP contribution in [-0.4, -0.2) is 33.4 Å². The number of imidazole rings is 1. The van der Waals surface area contributed by atoms with Gasteiger partial charge in [-0.25, -0.2) is 4.98 Å². The maximum absolute atomic E-state index is 12.3. The minimum atomic E-state index is 0.00250. The summed E-state index contributed by atoms with van der Waals surface area (Å²) >= 11 is 0. The first-order valence-corrected chi connectivity index (χ1v) is 8.85. The van der Waals surface area contributed by atoms with Crippen molar-refractivity contribution in [1.29, 1.82) is 0 Å². The number of nitrogens with one attached hydrogen (secondary N) is 1. The molecule has 3 heterocycles. The normalized spacial score (nSPS) is 17.2. The zero-order chi connectivity index (χ0) is 16.8. The highest BCUT2D eigenvalue weighted by Crippen LogP contribution is 2.25. The summed E-state index contributed by atoms with van der Waals surface area (Å²) in [5, 5.41) is 2.98. The number of hydrogen-bond acceptors (Lipinski definition) is 3. The number of carbonyl (C=O) groups excluding carboxylic acids is 1. The molecule has 0 bridgehead atoms. The van der Waals surface area contributed by atoms with Crippen molar-refractivity contribution in [2.45, 2.75) is 26.1 Å². The van der Waals surface area contributed by atoms with E-state index in [9.17, 15) is 4.79 Å². The summed E-state index contributed by atoms with van der Waals surface area (Å²) in [6, 6.07) is 14.5. The molecule has 0 saturated carbocycles. The lowest BCUT2D eigenvalue weighted by Crippen LogP contribution is -2.31. The van der Waals surface area contributed by atoms with Gasteiger partial charge in [0, 0.05) is 26.2 Å². The van der Waals surface area contributed by atoms with Gasteiger partial charge in [-0.05, 0) is 29.7 Å². The van der Waals surface area contributed by atoms with Gasteiger partial charge in [-0.1, -0.05) is 30.3 Å². The second-order valence-corrected chi connectivity index (χ2v) is 6.84. The number of para-hydroxylation sites is 1. The smallest absolute Gasteiger partial charge is 0.253 e. The van der Waals surface area contributed by atoms with Gasteiger partial charge in [-0.3, -0.25) is 9.69 Å². The molecule has 0 fully saturated rings. The van der Waals surface area contributed by atoms with Gasteiger partial charge < -0.3 is 9.88 Å². The molecule has 1 amide bonds. The van der Waals surface area contributed by atoms with E-state index in [0.29, 0.717) is 6.54 Å². The molecule has 0 saturated heterocycles. The first-order valence-electron chi connectivity index (χ1n) is 8.85. The number of carbonyl (C=O) groups is 1. The Morgan fingerprint density at radius 1 is 1.04 bits per heavy atom. The monoisotopic (exact) mass is 332 g/mol. The highest BCUT2D eigenvalue weighted by Gasteiger charge is 2.23. The summed E-state index contributed by atoms with van der Waals surface area (Å²) in [5.74, 6) is 1.06. The van der Waals surface area contributed by atoms with Crippen molar-refractivity contribution in [2.75, 3.05) is 13.1 Å².